The summed E-state index contributed by atoms with van der Waals surface area (Å²) in [5, 5.41) is 9.55. The Labute approximate surface area is 129 Å². The number of nitriles is 1. The standard InChI is InChI=1S/C14H13BrN4O2/c15-10-6-11-12(17-7-10)18-9-19(13(11)20)4-5-21-14(8-16)2-1-3-14/h6-7,9H,1-5H2. The lowest BCUT2D eigenvalue weighted by Gasteiger charge is -2.34. The van der Waals surface area contributed by atoms with Crippen LogP contribution in [0.3, 0.4) is 0 Å². The van der Waals surface area contributed by atoms with Crippen molar-refractivity contribution in [3.05, 3.63) is 33.4 Å². The Kier molecular flexibility index (Phi) is 3.74. The van der Waals surface area contributed by atoms with Crippen LogP contribution in [0, 0.1) is 11.3 Å². The highest BCUT2D eigenvalue weighted by molar-refractivity contribution is 9.10. The zero-order valence-electron chi connectivity index (χ0n) is 11.3. The van der Waals surface area contributed by atoms with Crippen LogP contribution in [0.2, 0.25) is 0 Å². The monoisotopic (exact) mass is 348 g/mol. The topological polar surface area (TPSA) is 80.8 Å². The Bertz CT molecular complexity index is 777. The molecule has 0 aromatic carbocycles. The normalized spacial score (nSPS) is 16.4. The van der Waals surface area contributed by atoms with Crippen molar-refractivity contribution in [1.29, 1.82) is 5.26 Å². The zero-order valence-corrected chi connectivity index (χ0v) is 12.8. The Morgan fingerprint density at radius 1 is 1.48 bits per heavy atom. The van der Waals surface area contributed by atoms with E-state index in [0.717, 1.165) is 23.7 Å². The van der Waals surface area contributed by atoms with Gasteiger partial charge in [0, 0.05) is 10.7 Å². The summed E-state index contributed by atoms with van der Waals surface area (Å²) >= 11 is 3.30. The van der Waals surface area contributed by atoms with Gasteiger partial charge >= 0.3 is 0 Å². The largest absolute Gasteiger partial charge is 0.358 e. The van der Waals surface area contributed by atoms with E-state index in [-0.39, 0.29) is 5.56 Å². The summed E-state index contributed by atoms with van der Waals surface area (Å²) < 4.78 is 7.86. The van der Waals surface area contributed by atoms with Gasteiger partial charge < -0.3 is 4.74 Å². The molecule has 2 aromatic rings. The number of fused-ring (bicyclic) bond motifs is 1. The zero-order chi connectivity index (χ0) is 14.9. The first-order valence-electron chi connectivity index (χ1n) is 6.69. The second kappa shape index (κ2) is 5.54. The molecular weight excluding hydrogens is 336 g/mol. The van der Waals surface area contributed by atoms with Gasteiger partial charge in [-0.2, -0.15) is 5.26 Å². The van der Waals surface area contributed by atoms with E-state index in [9.17, 15) is 4.79 Å². The van der Waals surface area contributed by atoms with Gasteiger partial charge in [-0.25, -0.2) is 9.97 Å². The van der Waals surface area contributed by atoms with E-state index in [4.69, 9.17) is 10.00 Å². The lowest BCUT2D eigenvalue weighted by molar-refractivity contribution is -0.0589. The molecule has 0 spiro atoms. The molecule has 1 fully saturated rings. The number of hydrogen-bond donors (Lipinski definition) is 0. The van der Waals surface area contributed by atoms with Gasteiger partial charge in [0.15, 0.2) is 11.2 Å². The van der Waals surface area contributed by atoms with Crippen LogP contribution < -0.4 is 5.56 Å². The summed E-state index contributed by atoms with van der Waals surface area (Å²) in [7, 11) is 0. The second-order valence-corrected chi connectivity index (χ2v) is 5.99. The molecule has 1 aliphatic carbocycles. The van der Waals surface area contributed by atoms with E-state index in [2.05, 4.69) is 32.0 Å². The second-order valence-electron chi connectivity index (χ2n) is 5.08. The van der Waals surface area contributed by atoms with Crippen molar-refractivity contribution in [3.63, 3.8) is 0 Å². The summed E-state index contributed by atoms with van der Waals surface area (Å²) in [4.78, 5) is 20.6. The fourth-order valence-electron chi connectivity index (χ4n) is 2.31. The van der Waals surface area contributed by atoms with Crippen LogP contribution in [-0.4, -0.2) is 26.7 Å². The fourth-order valence-corrected chi connectivity index (χ4v) is 2.64. The molecule has 0 saturated heterocycles. The SMILES string of the molecule is N#CC1(OCCn2cnc3ncc(Br)cc3c2=O)CCC1. The Morgan fingerprint density at radius 3 is 2.95 bits per heavy atom. The minimum absolute atomic E-state index is 0.156. The molecule has 0 N–H and O–H groups in total. The molecule has 0 radical (unpaired) electrons. The van der Waals surface area contributed by atoms with Crippen LogP contribution in [0.25, 0.3) is 11.0 Å². The predicted molar refractivity (Wildman–Crippen MR) is 79.6 cm³/mol. The number of hydrogen-bond acceptors (Lipinski definition) is 5. The molecule has 6 nitrogen and oxygen atoms in total. The first-order chi connectivity index (χ1) is 10.1. The predicted octanol–water partition coefficient (Wildman–Crippen LogP) is 2.02. The van der Waals surface area contributed by atoms with Crippen molar-refractivity contribution < 1.29 is 4.74 Å². The summed E-state index contributed by atoms with van der Waals surface area (Å²) in [6.45, 7) is 0.694. The molecule has 7 heteroatoms. The van der Waals surface area contributed by atoms with Gasteiger partial charge in [0.05, 0.1) is 24.6 Å². The van der Waals surface area contributed by atoms with Crippen LogP contribution in [0.15, 0.2) is 27.9 Å². The molecule has 2 aromatic heterocycles. The van der Waals surface area contributed by atoms with Gasteiger partial charge in [0.1, 0.15) is 6.33 Å². The van der Waals surface area contributed by atoms with E-state index in [0.29, 0.717) is 24.2 Å². The molecule has 0 bridgehead atoms. The summed E-state index contributed by atoms with van der Waals surface area (Å²) in [6.07, 6.45) is 5.63. The molecule has 3 rings (SSSR count). The van der Waals surface area contributed by atoms with Crippen LogP contribution in [0.5, 0.6) is 0 Å². The van der Waals surface area contributed by atoms with Crippen molar-refractivity contribution >= 4 is 27.0 Å². The number of rotatable bonds is 4. The number of pyridine rings is 1. The van der Waals surface area contributed by atoms with E-state index < -0.39 is 5.60 Å². The van der Waals surface area contributed by atoms with Crippen molar-refractivity contribution in [2.75, 3.05) is 6.61 Å². The van der Waals surface area contributed by atoms with Crippen molar-refractivity contribution in [2.24, 2.45) is 0 Å². The first kappa shape index (κ1) is 14.2. The third-order valence-electron chi connectivity index (χ3n) is 3.72. The number of nitrogens with zero attached hydrogens (tertiary/aromatic N) is 4. The van der Waals surface area contributed by atoms with E-state index >= 15 is 0 Å². The number of aromatic nitrogens is 3. The Morgan fingerprint density at radius 2 is 2.29 bits per heavy atom. The fraction of sp³-hybridized carbons (Fsp3) is 0.429. The van der Waals surface area contributed by atoms with Crippen molar-refractivity contribution in [1.82, 2.24) is 14.5 Å². The maximum Gasteiger partial charge on any atom is 0.262 e. The lowest BCUT2D eigenvalue weighted by atomic mass is 9.81. The molecule has 2 heterocycles. The molecule has 21 heavy (non-hydrogen) atoms. The minimum Gasteiger partial charge on any atom is -0.358 e. The van der Waals surface area contributed by atoms with Crippen LogP contribution >= 0.6 is 15.9 Å². The van der Waals surface area contributed by atoms with Crippen molar-refractivity contribution in [2.45, 2.75) is 31.4 Å². The number of ether oxygens (including phenoxy) is 1. The van der Waals surface area contributed by atoms with E-state index in [1.165, 1.54) is 10.9 Å². The molecular formula is C14H13BrN4O2. The maximum absolute atomic E-state index is 12.3. The number of halogens is 1. The average Bonchev–Trinajstić information content (AvgIpc) is 2.45. The Balaban J connectivity index is 1.77. The lowest BCUT2D eigenvalue weighted by Crippen LogP contribution is -2.39. The highest BCUT2D eigenvalue weighted by atomic mass is 79.9. The van der Waals surface area contributed by atoms with Gasteiger partial charge in [-0.15, -0.1) is 0 Å². The van der Waals surface area contributed by atoms with Crippen molar-refractivity contribution in [3.8, 4) is 6.07 Å². The molecule has 0 aliphatic heterocycles. The van der Waals surface area contributed by atoms with E-state index in [1.807, 2.05) is 0 Å². The molecule has 0 atom stereocenters. The van der Waals surface area contributed by atoms with Crippen LogP contribution in [-0.2, 0) is 11.3 Å². The quantitative estimate of drug-likeness (QED) is 0.844. The molecule has 1 aliphatic rings. The molecule has 0 unspecified atom stereocenters. The van der Waals surface area contributed by atoms with Gasteiger partial charge in [-0.3, -0.25) is 9.36 Å². The van der Waals surface area contributed by atoms with Gasteiger partial charge in [-0.05, 0) is 41.3 Å². The summed E-state index contributed by atoms with van der Waals surface area (Å²) in [6, 6.07) is 3.92. The van der Waals surface area contributed by atoms with Gasteiger partial charge in [0.2, 0.25) is 0 Å². The third kappa shape index (κ3) is 2.69. The summed E-state index contributed by atoms with van der Waals surface area (Å²) in [5.74, 6) is 0. The average molecular weight is 349 g/mol. The highest BCUT2D eigenvalue weighted by Crippen LogP contribution is 2.34. The van der Waals surface area contributed by atoms with E-state index in [1.54, 1.807) is 12.3 Å². The highest BCUT2D eigenvalue weighted by Gasteiger charge is 2.38. The maximum atomic E-state index is 12.3. The van der Waals surface area contributed by atoms with Gasteiger partial charge in [0.25, 0.3) is 5.56 Å². The third-order valence-corrected chi connectivity index (χ3v) is 4.15. The summed E-state index contributed by atoms with van der Waals surface area (Å²) in [5.41, 5.74) is -0.372. The van der Waals surface area contributed by atoms with Gasteiger partial charge in [-0.1, -0.05) is 0 Å². The molecule has 108 valence electrons. The smallest absolute Gasteiger partial charge is 0.262 e. The minimum atomic E-state index is -0.640. The Hall–Kier alpha value is -1.78. The molecule has 0 amide bonds. The van der Waals surface area contributed by atoms with Crippen LogP contribution in [0.1, 0.15) is 19.3 Å². The first-order valence-corrected chi connectivity index (χ1v) is 7.49. The molecule has 1 saturated carbocycles. The van der Waals surface area contributed by atoms with Crippen LogP contribution in [0.4, 0.5) is 0 Å².